The summed E-state index contributed by atoms with van der Waals surface area (Å²) >= 11 is 0. The smallest absolute Gasteiger partial charge is 0.173 e. The minimum atomic E-state index is 0.144. The van der Waals surface area contributed by atoms with Crippen LogP contribution < -0.4 is 4.74 Å². The van der Waals surface area contributed by atoms with Crippen molar-refractivity contribution in [2.24, 2.45) is 0 Å². The molecule has 0 N–H and O–H groups in total. The molecule has 0 radical (unpaired) electrons. The molecule has 5 heteroatoms. The van der Waals surface area contributed by atoms with Crippen molar-refractivity contribution in [1.29, 1.82) is 5.26 Å². The molecular weight excluding hydrogens is 276 g/mol. The largest absolute Gasteiger partial charge is 0.491 e. The first-order valence-corrected chi connectivity index (χ1v) is 7.11. The monoisotopic (exact) mass is 292 g/mol. The number of hydrogen-bond acceptors (Lipinski definition) is 4. The molecule has 0 saturated heterocycles. The van der Waals surface area contributed by atoms with Gasteiger partial charge in [-0.1, -0.05) is 0 Å². The Bertz CT molecular complexity index is 857. The third-order valence-corrected chi connectivity index (χ3v) is 3.24. The van der Waals surface area contributed by atoms with Gasteiger partial charge in [0.25, 0.3) is 0 Å². The minimum Gasteiger partial charge on any atom is -0.491 e. The molecule has 110 valence electrons. The van der Waals surface area contributed by atoms with Gasteiger partial charge in [0.2, 0.25) is 0 Å². The highest BCUT2D eigenvalue weighted by atomic mass is 16.5. The maximum atomic E-state index is 9.14. The molecule has 0 amide bonds. The number of hydrogen-bond donors (Lipinski definition) is 0. The molecule has 0 fully saturated rings. The molecule has 0 aliphatic heterocycles. The van der Waals surface area contributed by atoms with Crippen LogP contribution in [0.25, 0.3) is 16.9 Å². The van der Waals surface area contributed by atoms with Gasteiger partial charge < -0.3 is 4.74 Å². The van der Waals surface area contributed by atoms with Crippen LogP contribution in [0, 0.1) is 18.3 Å². The fourth-order valence-electron chi connectivity index (χ4n) is 2.35. The second kappa shape index (κ2) is 5.49. The molecule has 2 heterocycles. The first kappa shape index (κ1) is 14.1. The Morgan fingerprint density at radius 1 is 1.23 bits per heavy atom. The number of ether oxygens (including phenoxy) is 1. The lowest BCUT2D eigenvalue weighted by molar-refractivity contribution is 0.242. The molecule has 0 unspecified atom stereocenters. The molecule has 0 saturated carbocycles. The molecule has 0 aliphatic carbocycles. The van der Waals surface area contributed by atoms with Crippen LogP contribution in [-0.2, 0) is 0 Å². The summed E-state index contributed by atoms with van der Waals surface area (Å²) in [5.41, 5.74) is 3.81. The van der Waals surface area contributed by atoms with Crippen molar-refractivity contribution in [2.45, 2.75) is 26.9 Å². The summed E-state index contributed by atoms with van der Waals surface area (Å²) in [6, 6.07) is 11.9. The average Bonchev–Trinajstić information content (AvgIpc) is 2.89. The normalized spacial score (nSPS) is 10.9. The maximum Gasteiger partial charge on any atom is 0.173 e. The van der Waals surface area contributed by atoms with E-state index in [4.69, 9.17) is 10.00 Å². The molecule has 1 aromatic carbocycles. The van der Waals surface area contributed by atoms with E-state index in [0.29, 0.717) is 11.2 Å². The lowest BCUT2D eigenvalue weighted by Crippen LogP contribution is -2.05. The van der Waals surface area contributed by atoms with Gasteiger partial charge >= 0.3 is 0 Å². The average molecular weight is 292 g/mol. The number of aromatic nitrogens is 3. The van der Waals surface area contributed by atoms with E-state index in [0.717, 1.165) is 22.7 Å². The number of nitriles is 1. The van der Waals surface area contributed by atoms with Crippen LogP contribution in [0.5, 0.6) is 5.75 Å². The molecule has 0 bridgehead atoms. The van der Waals surface area contributed by atoms with E-state index in [1.54, 1.807) is 10.7 Å². The SMILES string of the molecule is Cc1cc(-c2ccc(OC(C)C)cc2)n2ncc(C#N)c2n1. The van der Waals surface area contributed by atoms with Crippen LogP contribution in [0.1, 0.15) is 25.1 Å². The first-order valence-electron chi connectivity index (χ1n) is 7.11. The Kier molecular flexibility index (Phi) is 3.51. The van der Waals surface area contributed by atoms with Crippen molar-refractivity contribution in [3.63, 3.8) is 0 Å². The zero-order valence-electron chi connectivity index (χ0n) is 12.7. The van der Waals surface area contributed by atoms with Gasteiger partial charge in [-0.15, -0.1) is 0 Å². The quantitative estimate of drug-likeness (QED) is 0.742. The lowest BCUT2D eigenvalue weighted by atomic mass is 10.1. The number of benzene rings is 1. The van der Waals surface area contributed by atoms with Crippen LogP contribution in [0.3, 0.4) is 0 Å². The Morgan fingerprint density at radius 2 is 1.95 bits per heavy atom. The summed E-state index contributed by atoms with van der Waals surface area (Å²) < 4.78 is 7.36. The van der Waals surface area contributed by atoms with Crippen molar-refractivity contribution >= 4 is 5.65 Å². The maximum absolute atomic E-state index is 9.14. The van der Waals surface area contributed by atoms with Crippen molar-refractivity contribution < 1.29 is 4.74 Å². The molecule has 0 atom stereocenters. The van der Waals surface area contributed by atoms with Gasteiger partial charge in [0.1, 0.15) is 17.4 Å². The van der Waals surface area contributed by atoms with Crippen LogP contribution in [-0.4, -0.2) is 20.7 Å². The van der Waals surface area contributed by atoms with Gasteiger partial charge in [-0.05, 0) is 51.1 Å². The second-order valence-corrected chi connectivity index (χ2v) is 5.38. The molecule has 22 heavy (non-hydrogen) atoms. The van der Waals surface area contributed by atoms with Gasteiger partial charge in [0.15, 0.2) is 5.65 Å². The number of rotatable bonds is 3. The van der Waals surface area contributed by atoms with Crippen LogP contribution in [0.4, 0.5) is 0 Å². The summed E-state index contributed by atoms with van der Waals surface area (Å²) in [6.07, 6.45) is 1.69. The van der Waals surface area contributed by atoms with Crippen molar-refractivity contribution in [3.8, 4) is 23.1 Å². The molecule has 2 aromatic heterocycles. The van der Waals surface area contributed by atoms with E-state index in [1.807, 2.05) is 51.1 Å². The Labute approximate surface area is 128 Å². The van der Waals surface area contributed by atoms with E-state index in [-0.39, 0.29) is 6.10 Å². The highest BCUT2D eigenvalue weighted by Crippen LogP contribution is 2.24. The summed E-state index contributed by atoms with van der Waals surface area (Å²) in [7, 11) is 0. The standard InChI is InChI=1S/C17H16N4O/c1-11(2)22-15-6-4-13(5-7-15)16-8-12(3)20-17-14(9-18)10-19-21(16)17/h4-8,10-11H,1-3H3. The zero-order chi connectivity index (χ0) is 15.7. The highest BCUT2D eigenvalue weighted by Gasteiger charge is 2.11. The highest BCUT2D eigenvalue weighted by molar-refractivity contribution is 5.66. The fourth-order valence-corrected chi connectivity index (χ4v) is 2.35. The molecule has 3 aromatic rings. The van der Waals surface area contributed by atoms with Crippen LogP contribution in [0.2, 0.25) is 0 Å². The summed E-state index contributed by atoms with van der Waals surface area (Å²) in [6.45, 7) is 5.90. The summed E-state index contributed by atoms with van der Waals surface area (Å²) in [4.78, 5) is 4.40. The lowest BCUT2D eigenvalue weighted by Gasteiger charge is -2.11. The van der Waals surface area contributed by atoms with E-state index < -0.39 is 0 Å². The number of nitrogens with zero attached hydrogens (tertiary/aromatic N) is 4. The zero-order valence-corrected chi connectivity index (χ0v) is 12.7. The van der Waals surface area contributed by atoms with Crippen molar-refractivity contribution in [1.82, 2.24) is 14.6 Å². The first-order chi connectivity index (χ1) is 10.6. The predicted octanol–water partition coefficient (Wildman–Crippen LogP) is 3.36. The minimum absolute atomic E-state index is 0.144. The van der Waals surface area contributed by atoms with Gasteiger partial charge in [-0.25, -0.2) is 9.50 Å². The summed E-state index contributed by atoms with van der Waals surface area (Å²) in [5.74, 6) is 0.832. The Hall–Kier alpha value is -2.87. The number of aryl methyl sites for hydroxylation is 1. The topological polar surface area (TPSA) is 63.2 Å². The van der Waals surface area contributed by atoms with Gasteiger partial charge in [0.05, 0.1) is 18.0 Å². The number of fused-ring (bicyclic) bond motifs is 1. The molecular formula is C17H16N4O. The van der Waals surface area contributed by atoms with Crippen molar-refractivity contribution in [2.75, 3.05) is 0 Å². The van der Waals surface area contributed by atoms with Crippen molar-refractivity contribution in [3.05, 3.63) is 47.8 Å². The molecule has 0 aliphatic rings. The van der Waals surface area contributed by atoms with Gasteiger partial charge in [-0.3, -0.25) is 0 Å². The van der Waals surface area contributed by atoms with Gasteiger partial charge in [0, 0.05) is 11.3 Å². The van der Waals surface area contributed by atoms with E-state index in [2.05, 4.69) is 16.2 Å². The summed E-state index contributed by atoms with van der Waals surface area (Å²) in [5, 5.41) is 13.4. The Balaban J connectivity index is 2.10. The van der Waals surface area contributed by atoms with E-state index in [9.17, 15) is 0 Å². The van der Waals surface area contributed by atoms with Gasteiger partial charge in [-0.2, -0.15) is 10.4 Å². The van der Waals surface area contributed by atoms with Crippen LogP contribution in [0.15, 0.2) is 36.5 Å². The Morgan fingerprint density at radius 3 is 2.59 bits per heavy atom. The third kappa shape index (κ3) is 2.51. The van der Waals surface area contributed by atoms with E-state index >= 15 is 0 Å². The second-order valence-electron chi connectivity index (χ2n) is 5.38. The molecule has 5 nitrogen and oxygen atoms in total. The van der Waals surface area contributed by atoms with Crippen LogP contribution >= 0.6 is 0 Å². The fraction of sp³-hybridized carbons (Fsp3) is 0.235. The predicted molar refractivity (Wildman–Crippen MR) is 83.6 cm³/mol. The third-order valence-electron chi connectivity index (χ3n) is 3.24. The molecule has 0 spiro atoms. The van der Waals surface area contributed by atoms with E-state index in [1.165, 1.54) is 0 Å². The molecule has 3 rings (SSSR count).